The molecular weight excluding hydrogens is 304 g/mol. The Morgan fingerprint density at radius 3 is 2.76 bits per heavy atom. The van der Waals surface area contributed by atoms with E-state index in [0.29, 0.717) is 20.6 Å². The Morgan fingerprint density at radius 2 is 2.12 bits per heavy atom. The predicted molar refractivity (Wildman–Crippen MR) is 71.2 cm³/mol. The number of carbonyl (C=O) groups is 1. The van der Waals surface area contributed by atoms with E-state index in [9.17, 15) is 4.79 Å². The van der Waals surface area contributed by atoms with Crippen LogP contribution in [-0.4, -0.2) is 10.8 Å². The van der Waals surface area contributed by atoms with E-state index in [1.54, 1.807) is 36.5 Å². The molecule has 0 atom stereocenters. The number of halogens is 2. The number of hydrogen-bond acceptors (Lipinski definition) is 3. The topological polar surface area (TPSA) is 56.0 Å². The molecule has 2 rings (SSSR count). The minimum Gasteiger partial charge on any atom is -0.383 e. The van der Waals surface area contributed by atoms with Crippen LogP contribution in [0.4, 0.5) is 5.82 Å². The summed E-state index contributed by atoms with van der Waals surface area (Å²) in [6.45, 7) is 0. The van der Waals surface area contributed by atoms with Crippen molar-refractivity contribution >= 4 is 39.1 Å². The molecule has 0 aliphatic rings. The van der Waals surface area contributed by atoms with Gasteiger partial charge in [0, 0.05) is 16.2 Å². The van der Waals surface area contributed by atoms with Crippen molar-refractivity contribution in [2.24, 2.45) is 0 Å². The van der Waals surface area contributed by atoms with E-state index >= 15 is 0 Å². The Morgan fingerprint density at radius 1 is 1.35 bits per heavy atom. The van der Waals surface area contributed by atoms with Gasteiger partial charge in [-0.2, -0.15) is 0 Å². The zero-order valence-corrected chi connectivity index (χ0v) is 11.0. The molecule has 0 fully saturated rings. The van der Waals surface area contributed by atoms with Crippen molar-refractivity contribution in [2.45, 2.75) is 0 Å². The van der Waals surface area contributed by atoms with Gasteiger partial charge in [-0.3, -0.25) is 4.79 Å². The number of aromatic nitrogens is 1. The molecule has 0 aliphatic carbocycles. The number of ketones is 1. The molecule has 1 heterocycles. The third-order valence-electron chi connectivity index (χ3n) is 2.26. The fourth-order valence-corrected chi connectivity index (χ4v) is 1.90. The Hall–Kier alpha value is -1.39. The largest absolute Gasteiger partial charge is 0.383 e. The summed E-state index contributed by atoms with van der Waals surface area (Å²) in [6, 6.07) is 8.30. The standard InChI is InChI=1S/C12H8BrClN2O/c13-9-6-7(3-4-10(9)14)11(17)8-2-1-5-16-12(8)15/h1-6H,(H2,15,16). The van der Waals surface area contributed by atoms with Gasteiger partial charge in [0.2, 0.25) is 0 Å². The van der Waals surface area contributed by atoms with E-state index in [1.165, 1.54) is 0 Å². The molecule has 3 nitrogen and oxygen atoms in total. The molecule has 0 amide bonds. The molecule has 2 aromatic rings. The molecule has 17 heavy (non-hydrogen) atoms. The summed E-state index contributed by atoms with van der Waals surface area (Å²) in [5.41, 5.74) is 6.56. The molecule has 1 aromatic heterocycles. The maximum atomic E-state index is 12.1. The third kappa shape index (κ3) is 2.48. The first-order valence-electron chi connectivity index (χ1n) is 4.80. The van der Waals surface area contributed by atoms with Gasteiger partial charge in [-0.1, -0.05) is 11.6 Å². The van der Waals surface area contributed by atoms with Gasteiger partial charge in [-0.05, 0) is 46.3 Å². The SMILES string of the molecule is Nc1ncccc1C(=O)c1ccc(Cl)c(Br)c1. The van der Waals surface area contributed by atoms with Crippen molar-refractivity contribution in [2.75, 3.05) is 5.73 Å². The fraction of sp³-hybridized carbons (Fsp3) is 0. The second kappa shape index (κ2) is 4.85. The van der Waals surface area contributed by atoms with E-state index in [-0.39, 0.29) is 11.6 Å². The van der Waals surface area contributed by atoms with E-state index in [0.717, 1.165) is 0 Å². The van der Waals surface area contributed by atoms with Crippen LogP contribution in [0.15, 0.2) is 41.0 Å². The van der Waals surface area contributed by atoms with E-state index in [4.69, 9.17) is 17.3 Å². The number of benzene rings is 1. The summed E-state index contributed by atoms with van der Waals surface area (Å²) in [4.78, 5) is 16.0. The lowest BCUT2D eigenvalue weighted by Gasteiger charge is -2.04. The molecule has 0 saturated heterocycles. The first-order valence-corrected chi connectivity index (χ1v) is 5.97. The van der Waals surface area contributed by atoms with Gasteiger partial charge in [-0.15, -0.1) is 0 Å². The molecule has 0 saturated carbocycles. The summed E-state index contributed by atoms with van der Waals surface area (Å²) >= 11 is 9.14. The second-order valence-corrected chi connectivity index (χ2v) is 4.66. The van der Waals surface area contributed by atoms with Gasteiger partial charge in [0.25, 0.3) is 0 Å². The number of nitrogens with two attached hydrogens (primary N) is 1. The van der Waals surface area contributed by atoms with Crippen molar-refractivity contribution in [3.63, 3.8) is 0 Å². The zero-order chi connectivity index (χ0) is 12.4. The molecule has 0 radical (unpaired) electrons. The third-order valence-corrected chi connectivity index (χ3v) is 3.48. The van der Waals surface area contributed by atoms with Crippen molar-refractivity contribution in [1.82, 2.24) is 4.98 Å². The number of pyridine rings is 1. The van der Waals surface area contributed by atoms with Gasteiger partial charge in [0.15, 0.2) is 5.78 Å². The molecule has 1 aromatic carbocycles. The van der Waals surface area contributed by atoms with Gasteiger partial charge in [0.05, 0.1) is 10.6 Å². The summed E-state index contributed by atoms with van der Waals surface area (Å²) in [6.07, 6.45) is 1.55. The molecule has 5 heteroatoms. The van der Waals surface area contributed by atoms with Crippen LogP contribution in [0.2, 0.25) is 5.02 Å². The van der Waals surface area contributed by atoms with Crippen LogP contribution in [0.25, 0.3) is 0 Å². The molecule has 86 valence electrons. The molecule has 0 bridgehead atoms. The van der Waals surface area contributed by atoms with Gasteiger partial charge >= 0.3 is 0 Å². The van der Waals surface area contributed by atoms with Gasteiger partial charge in [0.1, 0.15) is 5.82 Å². The lowest BCUT2D eigenvalue weighted by atomic mass is 10.0. The minimum atomic E-state index is -0.173. The summed E-state index contributed by atoms with van der Waals surface area (Å²) in [5, 5.41) is 0.556. The van der Waals surface area contributed by atoms with Crippen LogP contribution in [0, 0.1) is 0 Å². The average Bonchev–Trinajstić information content (AvgIpc) is 2.32. The zero-order valence-electron chi connectivity index (χ0n) is 8.65. The quantitative estimate of drug-likeness (QED) is 0.866. The Balaban J connectivity index is 2.44. The molecule has 0 aliphatic heterocycles. The first-order chi connectivity index (χ1) is 8.09. The Kier molecular flexibility index (Phi) is 3.45. The van der Waals surface area contributed by atoms with Crippen LogP contribution in [0.3, 0.4) is 0 Å². The summed E-state index contributed by atoms with van der Waals surface area (Å²) < 4.78 is 0.674. The number of nitrogen functional groups attached to an aromatic ring is 1. The number of carbonyl (C=O) groups excluding carboxylic acids is 1. The van der Waals surface area contributed by atoms with Crippen LogP contribution < -0.4 is 5.73 Å². The molecule has 2 N–H and O–H groups in total. The number of anilines is 1. The predicted octanol–water partition coefficient (Wildman–Crippen LogP) is 3.31. The highest BCUT2D eigenvalue weighted by molar-refractivity contribution is 9.10. The first kappa shape index (κ1) is 12.1. The lowest BCUT2D eigenvalue weighted by molar-refractivity contribution is 0.103. The van der Waals surface area contributed by atoms with Gasteiger partial charge in [-0.25, -0.2) is 4.98 Å². The maximum absolute atomic E-state index is 12.1. The minimum absolute atomic E-state index is 0.173. The smallest absolute Gasteiger partial charge is 0.196 e. The Labute approximate surface area is 112 Å². The molecule has 0 spiro atoms. The summed E-state index contributed by atoms with van der Waals surface area (Å²) in [5.74, 6) is 0.0524. The number of rotatable bonds is 2. The highest BCUT2D eigenvalue weighted by Gasteiger charge is 2.13. The van der Waals surface area contributed by atoms with Crippen LogP contribution >= 0.6 is 27.5 Å². The van der Waals surface area contributed by atoms with Crippen molar-refractivity contribution in [3.05, 3.63) is 57.2 Å². The monoisotopic (exact) mass is 310 g/mol. The van der Waals surface area contributed by atoms with E-state index in [1.807, 2.05) is 0 Å². The average molecular weight is 312 g/mol. The van der Waals surface area contributed by atoms with Crippen molar-refractivity contribution in [1.29, 1.82) is 0 Å². The fourth-order valence-electron chi connectivity index (χ4n) is 1.40. The maximum Gasteiger partial charge on any atom is 0.196 e. The number of nitrogens with zero attached hydrogens (tertiary/aromatic N) is 1. The van der Waals surface area contributed by atoms with Crippen molar-refractivity contribution < 1.29 is 4.79 Å². The van der Waals surface area contributed by atoms with Gasteiger partial charge < -0.3 is 5.73 Å². The highest BCUT2D eigenvalue weighted by Crippen LogP contribution is 2.25. The van der Waals surface area contributed by atoms with Crippen LogP contribution in [0.5, 0.6) is 0 Å². The van der Waals surface area contributed by atoms with E-state index in [2.05, 4.69) is 20.9 Å². The summed E-state index contributed by atoms with van der Waals surface area (Å²) in [7, 11) is 0. The van der Waals surface area contributed by atoms with Crippen LogP contribution in [-0.2, 0) is 0 Å². The van der Waals surface area contributed by atoms with Crippen molar-refractivity contribution in [3.8, 4) is 0 Å². The normalized spacial score (nSPS) is 10.2. The second-order valence-electron chi connectivity index (χ2n) is 3.39. The highest BCUT2D eigenvalue weighted by atomic mass is 79.9. The Bertz CT molecular complexity index is 586. The molecule has 0 unspecified atom stereocenters. The molecular formula is C12H8BrClN2O. The van der Waals surface area contributed by atoms with Crippen LogP contribution in [0.1, 0.15) is 15.9 Å². The number of hydrogen-bond donors (Lipinski definition) is 1. The lowest BCUT2D eigenvalue weighted by Crippen LogP contribution is -2.06. The van der Waals surface area contributed by atoms with E-state index < -0.39 is 0 Å².